The van der Waals surface area contributed by atoms with Crippen LogP contribution in [0.25, 0.3) is 11.0 Å². The van der Waals surface area contributed by atoms with Gasteiger partial charge in [-0.3, -0.25) is 9.59 Å². The molecule has 1 amide bonds. The van der Waals surface area contributed by atoms with Crippen molar-refractivity contribution in [1.29, 1.82) is 0 Å². The number of fused-ring (bicyclic) bond motifs is 2. The molecule has 1 saturated heterocycles. The number of H-pyrrole nitrogens is 1. The topological polar surface area (TPSA) is 83.9 Å². The Bertz CT molecular complexity index is 1110. The largest absolute Gasteiger partial charge is 0.345 e. The number of hydrogen-bond acceptors (Lipinski definition) is 5. The fourth-order valence-corrected chi connectivity index (χ4v) is 5.12. The predicted octanol–water partition coefficient (Wildman–Crippen LogP) is 2.21. The quantitative estimate of drug-likeness (QED) is 0.735. The van der Waals surface area contributed by atoms with Gasteiger partial charge in [-0.2, -0.15) is 16.9 Å². The second kappa shape index (κ2) is 7.09. The third-order valence-electron chi connectivity index (χ3n) is 5.61. The number of aromatic nitrogens is 4. The van der Waals surface area contributed by atoms with Gasteiger partial charge in [0.2, 0.25) is 0 Å². The Labute approximate surface area is 166 Å². The molecule has 1 fully saturated rings. The molecule has 2 aliphatic heterocycles. The van der Waals surface area contributed by atoms with E-state index in [1.807, 2.05) is 28.8 Å². The first-order valence-electron chi connectivity index (χ1n) is 9.61. The minimum absolute atomic E-state index is 0.0100. The van der Waals surface area contributed by atoms with Crippen molar-refractivity contribution in [3.8, 4) is 0 Å². The van der Waals surface area contributed by atoms with Crippen LogP contribution < -0.4 is 5.56 Å². The zero-order valence-electron chi connectivity index (χ0n) is 15.4. The Hall–Kier alpha value is -2.61. The van der Waals surface area contributed by atoms with Crippen LogP contribution in [0, 0.1) is 0 Å². The van der Waals surface area contributed by atoms with E-state index in [1.165, 1.54) is 0 Å². The summed E-state index contributed by atoms with van der Waals surface area (Å²) in [5, 5.41) is 5.45. The van der Waals surface area contributed by atoms with Crippen LogP contribution in [-0.4, -0.2) is 48.9 Å². The number of rotatable bonds is 3. The van der Waals surface area contributed by atoms with Gasteiger partial charge in [0.25, 0.3) is 11.5 Å². The van der Waals surface area contributed by atoms with Crippen molar-refractivity contribution in [1.82, 2.24) is 24.6 Å². The number of amides is 1. The highest BCUT2D eigenvalue weighted by Crippen LogP contribution is 2.25. The number of nitrogens with zero attached hydrogens (tertiary/aromatic N) is 4. The first-order chi connectivity index (χ1) is 13.7. The molecule has 0 saturated carbocycles. The van der Waals surface area contributed by atoms with Crippen molar-refractivity contribution >= 4 is 28.7 Å². The average molecular weight is 395 g/mol. The van der Waals surface area contributed by atoms with E-state index in [0.29, 0.717) is 24.3 Å². The van der Waals surface area contributed by atoms with Crippen molar-refractivity contribution < 1.29 is 4.79 Å². The van der Waals surface area contributed by atoms with E-state index >= 15 is 0 Å². The smallest absolute Gasteiger partial charge is 0.267 e. The van der Waals surface area contributed by atoms with E-state index in [-0.39, 0.29) is 17.5 Å². The van der Waals surface area contributed by atoms with Gasteiger partial charge in [-0.15, -0.1) is 0 Å². The van der Waals surface area contributed by atoms with Crippen molar-refractivity contribution in [2.24, 2.45) is 0 Å². The third-order valence-corrected chi connectivity index (χ3v) is 6.62. The molecule has 5 heterocycles. The third kappa shape index (κ3) is 3.01. The highest BCUT2D eigenvalue weighted by atomic mass is 32.2. The number of pyridine rings is 1. The highest BCUT2D eigenvalue weighted by Gasteiger charge is 2.31. The number of carbonyl (C=O) groups is 1. The second-order valence-corrected chi connectivity index (χ2v) is 8.44. The van der Waals surface area contributed by atoms with Gasteiger partial charge in [0, 0.05) is 42.6 Å². The van der Waals surface area contributed by atoms with Gasteiger partial charge in [-0.1, -0.05) is 0 Å². The van der Waals surface area contributed by atoms with Gasteiger partial charge in [0.05, 0.1) is 23.8 Å². The molecule has 0 radical (unpaired) electrons. The number of likely N-dealkylation sites (tertiary alicyclic amines) is 1. The lowest BCUT2D eigenvalue weighted by molar-refractivity contribution is 0.0722. The summed E-state index contributed by atoms with van der Waals surface area (Å²) in [6, 6.07) is 5.45. The molecular formula is C20H21N5O2S. The molecule has 0 bridgehead atoms. The number of aryl methyl sites for hydroxylation is 1. The lowest BCUT2D eigenvalue weighted by Gasteiger charge is -2.25. The predicted molar refractivity (Wildman–Crippen MR) is 109 cm³/mol. The summed E-state index contributed by atoms with van der Waals surface area (Å²) in [4.78, 5) is 35.0. The lowest BCUT2D eigenvalue weighted by Crippen LogP contribution is -2.41. The molecule has 0 spiro atoms. The first kappa shape index (κ1) is 17.5. The van der Waals surface area contributed by atoms with Crippen LogP contribution >= 0.6 is 11.8 Å². The van der Waals surface area contributed by atoms with Gasteiger partial charge in [-0.05, 0) is 36.3 Å². The van der Waals surface area contributed by atoms with E-state index in [9.17, 15) is 9.59 Å². The molecule has 8 heteroatoms. The van der Waals surface area contributed by atoms with Gasteiger partial charge < -0.3 is 9.88 Å². The van der Waals surface area contributed by atoms with Gasteiger partial charge in [-0.25, -0.2) is 9.67 Å². The van der Waals surface area contributed by atoms with Crippen LogP contribution in [0.5, 0.6) is 0 Å². The molecule has 7 nitrogen and oxygen atoms in total. The van der Waals surface area contributed by atoms with Crippen molar-refractivity contribution in [2.75, 3.05) is 12.3 Å². The lowest BCUT2D eigenvalue weighted by atomic mass is 10.1. The SMILES string of the molecule is O=C(c1c[nH]c2ncccc12)N1CCCC1Cn1nc2c(cc1=O)CSCC2. The van der Waals surface area contributed by atoms with E-state index in [2.05, 4.69) is 15.1 Å². The average Bonchev–Trinajstić information content (AvgIpc) is 3.35. The minimum Gasteiger partial charge on any atom is -0.345 e. The molecule has 1 N–H and O–H groups in total. The van der Waals surface area contributed by atoms with Crippen LogP contribution in [0.4, 0.5) is 0 Å². The molecule has 3 aromatic heterocycles. The van der Waals surface area contributed by atoms with E-state index in [0.717, 1.165) is 47.4 Å². The minimum atomic E-state index is -0.0724. The van der Waals surface area contributed by atoms with Crippen LogP contribution in [0.15, 0.2) is 35.4 Å². The Morgan fingerprint density at radius 2 is 2.32 bits per heavy atom. The first-order valence-corrected chi connectivity index (χ1v) is 10.8. The standard InChI is InChI=1S/C20H21N5O2S/c26-18-9-13-12-28-8-5-17(13)23-25(18)11-14-3-2-7-24(14)20(27)16-10-22-19-15(16)4-1-6-21-19/h1,4,6,9-10,14H,2-3,5,7-8,11-12H2,(H,21,22). The van der Waals surface area contributed by atoms with E-state index in [4.69, 9.17) is 0 Å². The monoisotopic (exact) mass is 395 g/mol. The molecule has 0 aromatic carbocycles. The van der Waals surface area contributed by atoms with Crippen LogP contribution in [0.2, 0.25) is 0 Å². The van der Waals surface area contributed by atoms with Crippen molar-refractivity contribution in [3.05, 3.63) is 57.8 Å². The van der Waals surface area contributed by atoms with Crippen LogP contribution in [0.1, 0.15) is 34.5 Å². The molecule has 0 aliphatic carbocycles. The zero-order chi connectivity index (χ0) is 19.1. The van der Waals surface area contributed by atoms with Crippen LogP contribution in [0.3, 0.4) is 0 Å². The number of aromatic amines is 1. The normalized spacial score (nSPS) is 19.1. The Kier molecular flexibility index (Phi) is 4.43. The van der Waals surface area contributed by atoms with Crippen molar-refractivity contribution in [2.45, 2.75) is 37.6 Å². The maximum absolute atomic E-state index is 13.2. The molecule has 28 heavy (non-hydrogen) atoms. The maximum Gasteiger partial charge on any atom is 0.267 e. The number of nitrogens with one attached hydrogen (secondary N) is 1. The molecule has 2 aliphatic rings. The summed E-state index contributed by atoms with van der Waals surface area (Å²) in [6.45, 7) is 1.15. The highest BCUT2D eigenvalue weighted by molar-refractivity contribution is 7.98. The number of hydrogen-bond donors (Lipinski definition) is 1. The zero-order valence-corrected chi connectivity index (χ0v) is 16.2. The molecule has 5 rings (SSSR count). The van der Waals surface area contributed by atoms with E-state index in [1.54, 1.807) is 23.1 Å². The summed E-state index contributed by atoms with van der Waals surface area (Å²) in [7, 11) is 0. The van der Waals surface area contributed by atoms with Crippen molar-refractivity contribution in [3.63, 3.8) is 0 Å². The molecule has 1 atom stereocenters. The fraction of sp³-hybridized carbons (Fsp3) is 0.400. The Morgan fingerprint density at radius 3 is 3.25 bits per heavy atom. The Morgan fingerprint density at radius 1 is 1.39 bits per heavy atom. The molecule has 1 unspecified atom stereocenters. The fourth-order valence-electron chi connectivity index (χ4n) is 4.16. The summed E-state index contributed by atoms with van der Waals surface area (Å²) < 4.78 is 1.56. The molecule has 144 valence electrons. The molecular weight excluding hydrogens is 374 g/mol. The summed E-state index contributed by atoms with van der Waals surface area (Å²) in [6.07, 6.45) is 6.16. The van der Waals surface area contributed by atoms with Crippen LogP contribution in [-0.2, 0) is 18.7 Å². The number of carbonyl (C=O) groups excluding carboxylic acids is 1. The second-order valence-electron chi connectivity index (χ2n) is 7.34. The maximum atomic E-state index is 13.2. The summed E-state index contributed by atoms with van der Waals surface area (Å²) in [5.74, 6) is 1.89. The van der Waals surface area contributed by atoms with Gasteiger partial charge in [0.15, 0.2) is 0 Å². The summed E-state index contributed by atoms with van der Waals surface area (Å²) >= 11 is 1.84. The Balaban J connectivity index is 1.42. The number of thioether (sulfide) groups is 1. The van der Waals surface area contributed by atoms with Gasteiger partial charge >= 0.3 is 0 Å². The molecule has 3 aromatic rings. The van der Waals surface area contributed by atoms with Gasteiger partial charge in [0.1, 0.15) is 5.65 Å². The summed E-state index contributed by atoms with van der Waals surface area (Å²) in [5.41, 5.74) is 3.36. The van der Waals surface area contributed by atoms with E-state index < -0.39 is 0 Å².